The first-order chi connectivity index (χ1) is 13.6. The van der Waals surface area contributed by atoms with Gasteiger partial charge in [0.05, 0.1) is 12.1 Å². The van der Waals surface area contributed by atoms with Crippen molar-refractivity contribution < 1.29 is 14.7 Å². The molecule has 140 valence electrons. The average molecular weight is 409 g/mol. The molecule has 2 aromatic carbocycles. The van der Waals surface area contributed by atoms with E-state index < -0.39 is 11.2 Å². The monoisotopic (exact) mass is 408 g/mol. The zero-order valence-corrected chi connectivity index (χ0v) is 16.3. The lowest BCUT2D eigenvalue weighted by Gasteiger charge is -2.14. The number of aromatic nitrogens is 2. The summed E-state index contributed by atoms with van der Waals surface area (Å²) in [6, 6.07) is 17.3. The van der Waals surface area contributed by atoms with Crippen molar-refractivity contribution in [3.05, 3.63) is 83.0 Å². The Labute approximate surface area is 169 Å². The van der Waals surface area contributed by atoms with Gasteiger partial charge in [0, 0.05) is 28.0 Å². The quantitative estimate of drug-likeness (QED) is 0.333. The number of thioether (sulfide) groups is 1. The van der Waals surface area contributed by atoms with E-state index in [4.69, 9.17) is 5.11 Å². The van der Waals surface area contributed by atoms with E-state index in [9.17, 15) is 9.59 Å². The van der Waals surface area contributed by atoms with Crippen molar-refractivity contribution in [3.63, 3.8) is 0 Å². The van der Waals surface area contributed by atoms with Gasteiger partial charge < -0.3 is 10.1 Å². The first-order valence-corrected chi connectivity index (χ1v) is 10.4. The lowest BCUT2D eigenvalue weighted by molar-refractivity contribution is -0.136. The highest BCUT2D eigenvalue weighted by molar-refractivity contribution is 8.01. The number of thiazole rings is 1. The smallest absolute Gasteiger partial charge is 0.309 e. The Hall–Kier alpha value is -2.90. The summed E-state index contributed by atoms with van der Waals surface area (Å²) in [6.45, 7) is 0. The molecule has 2 heterocycles. The van der Waals surface area contributed by atoms with Crippen LogP contribution < -0.4 is 0 Å². The molecule has 0 aliphatic heterocycles. The number of rotatable bonds is 7. The lowest BCUT2D eigenvalue weighted by atomic mass is 10.0. The van der Waals surface area contributed by atoms with Gasteiger partial charge in [0.1, 0.15) is 5.25 Å². The van der Waals surface area contributed by atoms with Crippen LogP contribution >= 0.6 is 23.1 Å². The molecule has 4 aromatic rings. The SMILES string of the molecule is O=C(O)Cc1csc(SC(C(=O)c2c[nH]c3ccccc23)c2ccccc2)n1. The van der Waals surface area contributed by atoms with Gasteiger partial charge in [0.15, 0.2) is 10.1 Å². The molecule has 0 radical (unpaired) electrons. The third kappa shape index (κ3) is 3.85. The number of nitrogens with zero attached hydrogens (tertiary/aromatic N) is 1. The summed E-state index contributed by atoms with van der Waals surface area (Å²) in [5.74, 6) is -0.931. The zero-order valence-electron chi connectivity index (χ0n) is 14.7. The summed E-state index contributed by atoms with van der Waals surface area (Å²) in [5, 5.41) is 11.1. The first-order valence-electron chi connectivity index (χ1n) is 8.60. The molecular weight excluding hydrogens is 392 g/mol. The topological polar surface area (TPSA) is 83.0 Å². The van der Waals surface area contributed by atoms with Crippen molar-refractivity contribution >= 4 is 45.8 Å². The highest BCUT2D eigenvalue weighted by atomic mass is 32.2. The minimum atomic E-state index is -0.920. The average Bonchev–Trinajstić information content (AvgIpc) is 3.32. The molecule has 0 saturated heterocycles. The molecule has 4 rings (SSSR count). The van der Waals surface area contributed by atoms with E-state index in [0.717, 1.165) is 16.5 Å². The van der Waals surface area contributed by atoms with Gasteiger partial charge in [-0.1, -0.05) is 60.3 Å². The number of nitrogens with one attached hydrogen (secondary N) is 1. The van der Waals surface area contributed by atoms with Crippen LogP contribution in [0.4, 0.5) is 0 Å². The predicted octanol–water partition coefficient (Wildman–Crippen LogP) is 4.97. The third-order valence-electron chi connectivity index (χ3n) is 4.28. The number of Topliss-reactive ketones (excluding diaryl/α,β-unsaturated/α-hetero) is 1. The molecule has 2 N–H and O–H groups in total. The molecular formula is C21H16N2O3S2. The van der Waals surface area contributed by atoms with Crippen LogP contribution in [0.3, 0.4) is 0 Å². The Kier molecular flexibility index (Phi) is 5.27. The number of hydrogen-bond donors (Lipinski definition) is 2. The summed E-state index contributed by atoms with van der Waals surface area (Å²) < 4.78 is 0.679. The second-order valence-electron chi connectivity index (χ2n) is 6.20. The van der Waals surface area contributed by atoms with Crippen molar-refractivity contribution in [3.8, 4) is 0 Å². The van der Waals surface area contributed by atoms with Gasteiger partial charge in [-0.2, -0.15) is 0 Å². The van der Waals surface area contributed by atoms with Crippen LogP contribution in [0.15, 0.2) is 70.5 Å². The van der Waals surface area contributed by atoms with E-state index >= 15 is 0 Å². The fraction of sp³-hybridized carbons (Fsp3) is 0.0952. The van der Waals surface area contributed by atoms with Crippen LogP contribution in [0.1, 0.15) is 26.9 Å². The Balaban J connectivity index is 1.69. The van der Waals surface area contributed by atoms with E-state index in [0.29, 0.717) is 15.6 Å². The van der Waals surface area contributed by atoms with Gasteiger partial charge in [0.25, 0.3) is 0 Å². The number of aromatic amines is 1. The molecule has 0 amide bonds. The molecule has 1 atom stereocenters. The molecule has 7 heteroatoms. The highest BCUT2D eigenvalue weighted by Gasteiger charge is 2.26. The Morgan fingerprint density at radius 2 is 1.86 bits per heavy atom. The summed E-state index contributed by atoms with van der Waals surface area (Å²) in [6.07, 6.45) is 1.63. The summed E-state index contributed by atoms with van der Waals surface area (Å²) in [4.78, 5) is 31.9. The number of H-pyrrole nitrogens is 1. The van der Waals surface area contributed by atoms with Gasteiger partial charge in [-0.05, 0) is 11.6 Å². The van der Waals surface area contributed by atoms with E-state index in [2.05, 4.69) is 9.97 Å². The molecule has 0 fully saturated rings. The number of carbonyl (C=O) groups excluding carboxylic acids is 1. The van der Waals surface area contributed by atoms with Crippen LogP contribution in [-0.4, -0.2) is 26.8 Å². The van der Waals surface area contributed by atoms with E-state index in [1.165, 1.54) is 23.1 Å². The maximum Gasteiger partial charge on any atom is 0.309 e. The van der Waals surface area contributed by atoms with Crippen LogP contribution in [0.2, 0.25) is 0 Å². The van der Waals surface area contributed by atoms with Crippen LogP contribution in [0.25, 0.3) is 10.9 Å². The van der Waals surface area contributed by atoms with E-state index in [1.54, 1.807) is 11.6 Å². The number of benzene rings is 2. The fourth-order valence-electron chi connectivity index (χ4n) is 3.00. The molecule has 0 aliphatic rings. The number of carboxylic acids is 1. The maximum atomic E-state index is 13.5. The molecule has 1 unspecified atom stereocenters. The van der Waals surface area contributed by atoms with Gasteiger partial charge in [0.2, 0.25) is 0 Å². The fourth-order valence-corrected chi connectivity index (χ4v) is 5.09. The van der Waals surface area contributed by atoms with Crippen molar-refractivity contribution in [2.45, 2.75) is 16.0 Å². The standard InChI is InChI=1S/C21H16N2O3S2/c24-18(25)10-14-12-27-21(23-14)28-20(13-6-2-1-3-7-13)19(26)16-11-22-17-9-5-4-8-15(16)17/h1-9,11-12,20,22H,10H2,(H,24,25). The molecule has 2 aromatic heterocycles. The predicted molar refractivity (Wildman–Crippen MR) is 111 cm³/mol. The minimum Gasteiger partial charge on any atom is -0.481 e. The summed E-state index contributed by atoms with van der Waals surface area (Å²) in [5.41, 5.74) is 2.95. The number of aliphatic carboxylic acids is 1. The maximum absolute atomic E-state index is 13.5. The Morgan fingerprint density at radius 1 is 1.11 bits per heavy atom. The van der Waals surface area contributed by atoms with Crippen molar-refractivity contribution in [2.75, 3.05) is 0 Å². The molecule has 0 bridgehead atoms. The Morgan fingerprint density at radius 3 is 2.64 bits per heavy atom. The normalized spacial score (nSPS) is 12.1. The van der Waals surface area contributed by atoms with Gasteiger partial charge in [-0.15, -0.1) is 11.3 Å². The van der Waals surface area contributed by atoms with E-state index in [1.807, 2.05) is 54.6 Å². The van der Waals surface area contributed by atoms with Crippen molar-refractivity contribution in [1.29, 1.82) is 0 Å². The molecule has 0 saturated carbocycles. The number of para-hydroxylation sites is 1. The number of fused-ring (bicyclic) bond motifs is 1. The Bertz CT molecular complexity index is 1130. The summed E-state index contributed by atoms with van der Waals surface area (Å²) >= 11 is 2.72. The molecule has 0 spiro atoms. The number of carbonyl (C=O) groups is 2. The minimum absolute atomic E-state index is 0.0105. The van der Waals surface area contributed by atoms with Crippen LogP contribution in [0.5, 0.6) is 0 Å². The lowest BCUT2D eigenvalue weighted by Crippen LogP contribution is -2.09. The van der Waals surface area contributed by atoms with Gasteiger partial charge in [-0.25, -0.2) is 4.98 Å². The molecule has 0 aliphatic carbocycles. The van der Waals surface area contributed by atoms with Crippen LogP contribution in [-0.2, 0) is 11.2 Å². The number of ketones is 1. The summed E-state index contributed by atoms with van der Waals surface area (Å²) in [7, 11) is 0. The van der Waals surface area contributed by atoms with Gasteiger partial charge >= 0.3 is 5.97 Å². The molecule has 5 nitrogen and oxygen atoms in total. The number of hydrogen-bond acceptors (Lipinski definition) is 5. The van der Waals surface area contributed by atoms with Gasteiger partial charge in [-0.3, -0.25) is 9.59 Å². The largest absolute Gasteiger partial charge is 0.481 e. The van der Waals surface area contributed by atoms with E-state index in [-0.39, 0.29) is 12.2 Å². The zero-order chi connectivity index (χ0) is 19.5. The number of carboxylic acid groups (broad SMARTS) is 1. The highest BCUT2D eigenvalue weighted by Crippen LogP contribution is 2.40. The second kappa shape index (κ2) is 8.00. The van der Waals surface area contributed by atoms with Crippen LogP contribution in [0, 0.1) is 0 Å². The first kappa shape index (κ1) is 18.5. The third-order valence-corrected chi connectivity index (χ3v) is 6.55. The molecule has 28 heavy (non-hydrogen) atoms. The van der Waals surface area contributed by atoms with Crippen molar-refractivity contribution in [1.82, 2.24) is 9.97 Å². The second-order valence-corrected chi connectivity index (χ2v) is 8.41. The van der Waals surface area contributed by atoms with Crippen molar-refractivity contribution in [2.24, 2.45) is 0 Å².